The Kier molecular flexibility index (Phi) is 4.62. The van der Waals surface area contributed by atoms with Crippen LogP contribution in [0.25, 0.3) is 0 Å². The second-order valence-corrected chi connectivity index (χ2v) is 5.86. The van der Waals surface area contributed by atoms with Gasteiger partial charge in [0.05, 0.1) is 11.6 Å². The van der Waals surface area contributed by atoms with Crippen LogP contribution in [0.5, 0.6) is 0 Å². The van der Waals surface area contributed by atoms with Crippen molar-refractivity contribution in [2.45, 2.75) is 75.5 Å². The summed E-state index contributed by atoms with van der Waals surface area (Å²) in [4.78, 5) is 11.9. The van der Waals surface area contributed by atoms with Crippen LogP contribution in [-0.2, 0) is 9.53 Å². The highest BCUT2D eigenvalue weighted by atomic mass is 16.5. The third-order valence-corrected chi connectivity index (χ3v) is 4.68. The highest BCUT2D eigenvalue weighted by Crippen LogP contribution is 2.32. The van der Waals surface area contributed by atoms with E-state index in [-0.39, 0.29) is 5.91 Å². The Morgan fingerprint density at radius 2 is 1.78 bits per heavy atom. The molecule has 2 saturated carbocycles. The standard InChI is InChI=1S/C14H26N2O2/c1-18-12-7-9-14(10-8-12,13(15)17)16-11-5-3-2-4-6-11/h11-12,16H,2-10H2,1H3,(H2,15,17). The number of methoxy groups -OCH3 is 1. The third-order valence-electron chi connectivity index (χ3n) is 4.68. The van der Waals surface area contributed by atoms with Gasteiger partial charge in [-0.15, -0.1) is 0 Å². The maximum absolute atomic E-state index is 11.9. The van der Waals surface area contributed by atoms with Crippen molar-refractivity contribution in [2.75, 3.05) is 7.11 Å². The van der Waals surface area contributed by atoms with Gasteiger partial charge in [-0.25, -0.2) is 0 Å². The van der Waals surface area contributed by atoms with Crippen molar-refractivity contribution in [3.8, 4) is 0 Å². The molecule has 0 aromatic rings. The normalized spacial score (nSPS) is 34.4. The van der Waals surface area contributed by atoms with E-state index in [9.17, 15) is 4.79 Å². The zero-order valence-corrected chi connectivity index (χ0v) is 11.4. The van der Waals surface area contributed by atoms with Crippen LogP contribution in [0.4, 0.5) is 0 Å². The van der Waals surface area contributed by atoms with Crippen LogP contribution in [0.2, 0.25) is 0 Å². The molecular weight excluding hydrogens is 228 g/mol. The van der Waals surface area contributed by atoms with E-state index in [1.165, 1.54) is 32.1 Å². The molecule has 4 heteroatoms. The average molecular weight is 254 g/mol. The van der Waals surface area contributed by atoms with Crippen molar-refractivity contribution in [2.24, 2.45) is 5.73 Å². The molecule has 2 aliphatic rings. The number of rotatable bonds is 4. The molecule has 0 bridgehead atoms. The summed E-state index contributed by atoms with van der Waals surface area (Å²) in [6, 6.07) is 0.477. The van der Waals surface area contributed by atoms with Gasteiger partial charge in [0.25, 0.3) is 0 Å². The summed E-state index contributed by atoms with van der Waals surface area (Å²) >= 11 is 0. The van der Waals surface area contributed by atoms with Gasteiger partial charge in [0.2, 0.25) is 5.91 Å². The highest BCUT2D eigenvalue weighted by molar-refractivity contribution is 5.84. The predicted octanol–water partition coefficient (Wildman–Crippen LogP) is 1.72. The minimum atomic E-state index is -0.475. The Bertz CT molecular complexity index is 280. The SMILES string of the molecule is COC1CCC(NC2CCCCC2)(C(N)=O)CC1. The number of hydrogen-bond donors (Lipinski definition) is 2. The number of ether oxygens (including phenoxy) is 1. The first-order chi connectivity index (χ1) is 8.66. The van der Waals surface area contributed by atoms with E-state index in [2.05, 4.69) is 5.32 Å². The lowest BCUT2D eigenvalue weighted by Crippen LogP contribution is -2.60. The van der Waals surface area contributed by atoms with Crippen LogP contribution in [0.1, 0.15) is 57.8 Å². The van der Waals surface area contributed by atoms with E-state index in [0.29, 0.717) is 12.1 Å². The molecule has 0 radical (unpaired) electrons. The van der Waals surface area contributed by atoms with Gasteiger partial charge in [-0.3, -0.25) is 4.79 Å². The number of hydrogen-bond acceptors (Lipinski definition) is 3. The van der Waals surface area contributed by atoms with Crippen molar-refractivity contribution in [1.29, 1.82) is 0 Å². The zero-order valence-electron chi connectivity index (χ0n) is 11.4. The number of nitrogens with one attached hydrogen (secondary N) is 1. The molecule has 2 fully saturated rings. The molecule has 3 N–H and O–H groups in total. The Morgan fingerprint density at radius 3 is 2.28 bits per heavy atom. The lowest BCUT2D eigenvalue weighted by molar-refractivity contribution is -0.127. The van der Waals surface area contributed by atoms with E-state index in [4.69, 9.17) is 10.5 Å². The Morgan fingerprint density at radius 1 is 1.17 bits per heavy atom. The van der Waals surface area contributed by atoms with E-state index < -0.39 is 5.54 Å². The summed E-state index contributed by atoms with van der Waals surface area (Å²) in [5.74, 6) is -0.178. The number of nitrogens with two attached hydrogens (primary N) is 1. The number of amides is 1. The first-order valence-electron chi connectivity index (χ1n) is 7.27. The van der Waals surface area contributed by atoms with Gasteiger partial charge in [0.15, 0.2) is 0 Å². The first-order valence-corrected chi connectivity index (χ1v) is 7.27. The van der Waals surface area contributed by atoms with Gasteiger partial charge in [-0.1, -0.05) is 19.3 Å². The molecule has 4 nitrogen and oxygen atoms in total. The molecule has 0 heterocycles. The molecule has 0 aromatic carbocycles. The lowest BCUT2D eigenvalue weighted by Gasteiger charge is -2.41. The van der Waals surface area contributed by atoms with Crippen LogP contribution < -0.4 is 11.1 Å². The van der Waals surface area contributed by atoms with Crippen molar-refractivity contribution in [3.63, 3.8) is 0 Å². The summed E-state index contributed by atoms with van der Waals surface area (Å²) in [6.07, 6.45) is 10.0. The molecule has 0 aromatic heterocycles. The molecule has 0 spiro atoms. The molecule has 0 unspecified atom stereocenters. The quantitative estimate of drug-likeness (QED) is 0.803. The summed E-state index contributed by atoms with van der Waals surface area (Å²) in [6.45, 7) is 0. The average Bonchev–Trinajstić information content (AvgIpc) is 2.40. The number of carbonyl (C=O) groups excluding carboxylic acids is 1. The summed E-state index contributed by atoms with van der Waals surface area (Å²) in [7, 11) is 1.75. The van der Waals surface area contributed by atoms with Crippen LogP contribution in [0, 0.1) is 0 Å². The maximum atomic E-state index is 11.9. The maximum Gasteiger partial charge on any atom is 0.237 e. The fourth-order valence-corrected chi connectivity index (χ4v) is 3.42. The fraction of sp³-hybridized carbons (Fsp3) is 0.929. The van der Waals surface area contributed by atoms with E-state index in [1.807, 2.05) is 0 Å². The van der Waals surface area contributed by atoms with Gasteiger partial charge in [-0.05, 0) is 38.5 Å². The van der Waals surface area contributed by atoms with Crippen LogP contribution in [-0.4, -0.2) is 30.7 Å². The molecular formula is C14H26N2O2. The molecule has 18 heavy (non-hydrogen) atoms. The number of carbonyl (C=O) groups is 1. The molecule has 1 amide bonds. The van der Waals surface area contributed by atoms with Crippen molar-refractivity contribution in [3.05, 3.63) is 0 Å². The minimum absolute atomic E-state index is 0.178. The molecule has 0 atom stereocenters. The van der Waals surface area contributed by atoms with Crippen LogP contribution >= 0.6 is 0 Å². The smallest absolute Gasteiger partial charge is 0.237 e. The first kappa shape index (κ1) is 13.8. The van der Waals surface area contributed by atoms with Gasteiger partial charge in [0, 0.05) is 13.2 Å². The zero-order chi connectivity index (χ0) is 13.0. The Hall–Kier alpha value is -0.610. The van der Waals surface area contributed by atoms with E-state index in [0.717, 1.165) is 25.7 Å². The van der Waals surface area contributed by atoms with Crippen LogP contribution in [0.3, 0.4) is 0 Å². The molecule has 0 saturated heterocycles. The molecule has 104 valence electrons. The summed E-state index contributed by atoms with van der Waals surface area (Å²) in [5.41, 5.74) is 5.19. The molecule has 2 rings (SSSR count). The van der Waals surface area contributed by atoms with Gasteiger partial charge in [-0.2, -0.15) is 0 Å². The van der Waals surface area contributed by atoms with Crippen molar-refractivity contribution >= 4 is 5.91 Å². The minimum Gasteiger partial charge on any atom is -0.381 e. The monoisotopic (exact) mass is 254 g/mol. The second-order valence-electron chi connectivity index (χ2n) is 5.86. The van der Waals surface area contributed by atoms with Crippen molar-refractivity contribution in [1.82, 2.24) is 5.32 Å². The Balaban J connectivity index is 1.96. The third kappa shape index (κ3) is 3.04. The fourth-order valence-electron chi connectivity index (χ4n) is 3.42. The lowest BCUT2D eigenvalue weighted by atomic mass is 9.78. The highest BCUT2D eigenvalue weighted by Gasteiger charge is 2.41. The predicted molar refractivity (Wildman–Crippen MR) is 71.2 cm³/mol. The van der Waals surface area contributed by atoms with E-state index in [1.54, 1.807) is 7.11 Å². The second kappa shape index (κ2) is 6.02. The molecule has 0 aliphatic heterocycles. The van der Waals surface area contributed by atoms with Crippen LogP contribution in [0.15, 0.2) is 0 Å². The van der Waals surface area contributed by atoms with Gasteiger partial charge < -0.3 is 15.8 Å². The summed E-state index contributed by atoms with van der Waals surface area (Å²) < 4.78 is 5.37. The van der Waals surface area contributed by atoms with E-state index >= 15 is 0 Å². The topological polar surface area (TPSA) is 64.3 Å². The van der Waals surface area contributed by atoms with Gasteiger partial charge >= 0.3 is 0 Å². The van der Waals surface area contributed by atoms with Gasteiger partial charge in [0.1, 0.15) is 0 Å². The molecule has 2 aliphatic carbocycles. The summed E-state index contributed by atoms with van der Waals surface area (Å²) in [5, 5.41) is 3.59. The largest absolute Gasteiger partial charge is 0.381 e. The number of primary amides is 1. The Labute approximate surface area is 110 Å². The van der Waals surface area contributed by atoms with Crippen molar-refractivity contribution < 1.29 is 9.53 Å².